The number of nitrogens with zero attached hydrogens (tertiary/aromatic N) is 2. The van der Waals surface area contributed by atoms with Crippen LogP contribution in [0, 0.1) is 5.92 Å². The van der Waals surface area contributed by atoms with Gasteiger partial charge in [-0.3, -0.25) is 4.79 Å². The topological polar surface area (TPSA) is 59.0 Å². The molecule has 1 aromatic heterocycles. The number of rotatable bonds is 6. The standard InChI is InChI=1S/C30H42N4O/c1-8-30(9-2,23-17-15-22(16-18-23)28(3,4)5)33-27(35)24-20-31-34-26(24)32-25(19-29(34,6)7)21-13-11-10-12-14-21/h10-13,15-18,20-21,25,32H,8-9,14,19H2,1-7H3,(H,33,35)/t21?,25-/m1/s1. The van der Waals surface area contributed by atoms with Gasteiger partial charge in [-0.15, -0.1) is 0 Å². The molecule has 4 rings (SSSR count). The highest BCUT2D eigenvalue weighted by molar-refractivity contribution is 5.99. The van der Waals surface area contributed by atoms with E-state index < -0.39 is 5.54 Å². The average molecular weight is 475 g/mol. The molecular weight excluding hydrogens is 432 g/mol. The zero-order valence-corrected chi connectivity index (χ0v) is 22.5. The molecule has 1 amide bonds. The SMILES string of the molecule is CCC(CC)(NC(=O)c1cnn2c1N[C@@H](C1C=CC=CC1)CC2(C)C)c1ccc(C(C)(C)C)cc1. The Morgan fingerprint density at radius 3 is 2.34 bits per heavy atom. The molecule has 2 atom stereocenters. The second-order valence-electron chi connectivity index (χ2n) is 11.9. The van der Waals surface area contributed by atoms with Gasteiger partial charge in [0.25, 0.3) is 5.91 Å². The number of benzene rings is 1. The van der Waals surface area contributed by atoms with Crippen molar-refractivity contribution in [3.8, 4) is 0 Å². The van der Waals surface area contributed by atoms with Crippen LogP contribution in [-0.4, -0.2) is 21.7 Å². The Hall–Kier alpha value is -2.82. The van der Waals surface area contributed by atoms with E-state index in [2.05, 4.69) is 113 Å². The first-order valence-electron chi connectivity index (χ1n) is 13.1. The molecule has 1 aliphatic carbocycles. The number of anilines is 1. The minimum Gasteiger partial charge on any atom is -0.366 e. The minimum absolute atomic E-state index is 0.0714. The summed E-state index contributed by atoms with van der Waals surface area (Å²) in [7, 11) is 0. The van der Waals surface area contributed by atoms with Crippen LogP contribution >= 0.6 is 0 Å². The van der Waals surface area contributed by atoms with Crippen LogP contribution in [0.1, 0.15) is 95.6 Å². The number of fused-ring (bicyclic) bond motifs is 1. The smallest absolute Gasteiger partial charge is 0.257 e. The molecule has 2 aromatic rings. The van der Waals surface area contributed by atoms with Gasteiger partial charge in [-0.2, -0.15) is 5.10 Å². The summed E-state index contributed by atoms with van der Waals surface area (Å²) in [6.07, 6.45) is 14.1. The molecule has 2 heterocycles. The molecule has 5 nitrogen and oxygen atoms in total. The largest absolute Gasteiger partial charge is 0.366 e. The number of amides is 1. The van der Waals surface area contributed by atoms with E-state index in [0.717, 1.165) is 37.1 Å². The zero-order chi connectivity index (χ0) is 25.4. The van der Waals surface area contributed by atoms with Gasteiger partial charge in [0.1, 0.15) is 11.4 Å². The molecule has 5 heteroatoms. The van der Waals surface area contributed by atoms with Gasteiger partial charge in [-0.1, -0.05) is 83.2 Å². The summed E-state index contributed by atoms with van der Waals surface area (Å²) in [5, 5.41) is 11.8. The molecule has 0 saturated carbocycles. The van der Waals surface area contributed by atoms with Crippen molar-refractivity contribution in [2.45, 2.75) is 96.7 Å². The van der Waals surface area contributed by atoms with Crippen LogP contribution in [0.15, 0.2) is 54.8 Å². The predicted molar refractivity (Wildman–Crippen MR) is 145 cm³/mol. The van der Waals surface area contributed by atoms with Crippen LogP contribution in [0.3, 0.4) is 0 Å². The number of carbonyl (C=O) groups is 1. The minimum atomic E-state index is -0.428. The summed E-state index contributed by atoms with van der Waals surface area (Å²) in [5.41, 5.74) is 2.56. The van der Waals surface area contributed by atoms with Gasteiger partial charge in [0.15, 0.2) is 0 Å². The van der Waals surface area contributed by atoms with Crippen LogP contribution in [0.5, 0.6) is 0 Å². The first-order valence-corrected chi connectivity index (χ1v) is 13.1. The summed E-state index contributed by atoms with van der Waals surface area (Å²) in [6.45, 7) is 15.4. The molecule has 1 aliphatic heterocycles. The van der Waals surface area contributed by atoms with Crippen molar-refractivity contribution >= 4 is 11.7 Å². The second-order valence-corrected chi connectivity index (χ2v) is 11.9. The van der Waals surface area contributed by atoms with Gasteiger partial charge in [-0.25, -0.2) is 4.68 Å². The average Bonchev–Trinajstić information content (AvgIpc) is 3.28. The molecule has 1 aromatic carbocycles. The van der Waals surface area contributed by atoms with Gasteiger partial charge in [-0.05, 0) is 56.1 Å². The molecule has 35 heavy (non-hydrogen) atoms. The summed E-state index contributed by atoms with van der Waals surface area (Å²) < 4.78 is 2.00. The maximum atomic E-state index is 13.8. The quantitative estimate of drug-likeness (QED) is 0.491. The Labute approximate surface area is 211 Å². The van der Waals surface area contributed by atoms with Crippen molar-refractivity contribution in [2.24, 2.45) is 5.92 Å². The lowest BCUT2D eigenvalue weighted by Gasteiger charge is -2.41. The molecule has 0 fully saturated rings. The van der Waals surface area contributed by atoms with Crippen LogP contribution in [-0.2, 0) is 16.5 Å². The highest BCUT2D eigenvalue weighted by Crippen LogP contribution is 2.38. The van der Waals surface area contributed by atoms with Crippen molar-refractivity contribution in [3.63, 3.8) is 0 Å². The second kappa shape index (κ2) is 9.33. The summed E-state index contributed by atoms with van der Waals surface area (Å²) in [6, 6.07) is 9.02. The Morgan fingerprint density at radius 2 is 1.77 bits per heavy atom. The number of hydrogen-bond acceptors (Lipinski definition) is 3. The molecule has 188 valence electrons. The number of carbonyl (C=O) groups excluding carboxylic acids is 1. The number of aromatic nitrogens is 2. The van der Waals surface area contributed by atoms with Gasteiger partial charge in [0.2, 0.25) is 0 Å². The first kappa shape index (κ1) is 25.3. The third kappa shape index (κ3) is 4.82. The van der Waals surface area contributed by atoms with Crippen LogP contribution in [0.4, 0.5) is 5.82 Å². The Kier molecular flexibility index (Phi) is 6.74. The number of allylic oxidation sites excluding steroid dienone is 3. The van der Waals surface area contributed by atoms with E-state index in [4.69, 9.17) is 0 Å². The normalized spacial score (nSPS) is 21.3. The van der Waals surface area contributed by atoms with E-state index in [-0.39, 0.29) is 22.9 Å². The van der Waals surface area contributed by atoms with E-state index >= 15 is 0 Å². The lowest BCUT2D eigenvalue weighted by atomic mass is 9.81. The zero-order valence-electron chi connectivity index (χ0n) is 22.5. The van der Waals surface area contributed by atoms with E-state index in [1.165, 1.54) is 5.56 Å². The van der Waals surface area contributed by atoms with Crippen LogP contribution in [0.25, 0.3) is 0 Å². The van der Waals surface area contributed by atoms with Crippen LogP contribution in [0.2, 0.25) is 0 Å². The van der Waals surface area contributed by atoms with Crippen molar-refractivity contribution < 1.29 is 4.79 Å². The fourth-order valence-corrected chi connectivity index (χ4v) is 5.60. The van der Waals surface area contributed by atoms with E-state index in [9.17, 15) is 4.79 Å². The van der Waals surface area contributed by atoms with Gasteiger partial charge in [0, 0.05) is 12.0 Å². The monoisotopic (exact) mass is 474 g/mol. The molecule has 2 N–H and O–H groups in total. The Morgan fingerprint density at radius 1 is 1.11 bits per heavy atom. The van der Waals surface area contributed by atoms with Crippen LogP contribution < -0.4 is 10.6 Å². The van der Waals surface area contributed by atoms with Crippen molar-refractivity contribution in [1.82, 2.24) is 15.1 Å². The van der Waals surface area contributed by atoms with Crippen molar-refractivity contribution in [1.29, 1.82) is 0 Å². The summed E-state index contributed by atoms with van der Waals surface area (Å²) >= 11 is 0. The number of nitrogens with one attached hydrogen (secondary N) is 2. The Bertz CT molecular complexity index is 1110. The molecule has 2 aliphatic rings. The summed E-state index contributed by atoms with van der Waals surface area (Å²) in [4.78, 5) is 13.8. The van der Waals surface area contributed by atoms with Gasteiger partial charge in [0.05, 0.1) is 17.3 Å². The summed E-state index contributed by atoms with van der Waals surface area (Å²) in [5.74, 6) is 1.17. The van der Waals surface area contributed by atoms with E-state index in [1.807, 2.05) is 4.68 Å². The maximum Gasteiger partial charge on any atom is 0.257 e. The van der Waals surface area contributed by atoms with Crippen molar-refractivity contribution in [3.05, 3.63) is 71.5 Å². The highest BCUT2D eigenvalue weighted by Gasteiger charge is 2.39. The first-order chi connectivity index (χ1) is 16.5. The third-order valence-corrected chi connectivity index (χ3v) is 8.02. The van der Waals surface area contributed by atoms with Gasteiger partial charge >= 0.3 is 0 Å². The lowest BCUT2D eigenvalue weighted by molar-refractivity contribution is 0.0889. The Balaban J connectivity index is 1.63. The molecular formula is C30H42N4O. The predicted octanol–water partition coefficient (Wildman–Crippen LogP) is 6.68. The molecule has 0 radical (unpaired) electrons. The fraction of sp³-hybridized carbons (Fsp3) is 0.533. The molecule has 1 unspecified atom stereocenters. The van der Waals surface area contributed by atoms with Gasteiger partial charge < -0.3 is 10.6 Å². The maximum absolute atomic E-state index is 13.8. The number of hydrogen-bond donors (Lipinski definition) is 2. The molecule has 0 bridgehead atoms. The molecule has 0 saturated heterocycles. The van der Waals surface area contributed by atoms with E-state index in [1.54, 1.807) is 6.20 Å². The van der Waals surface area contributed by atoms with E-state index in [0.29, 0.717) is 11.5 Å². The lowest BCUT2D eigenvalue weighted by Crippen LogP contribution is -2.47. The highest BCUT2D eigenvalue weighted by atomic mass is 16.1. The third-order valence-electron chi connectivity index (χ3n) is 8.02. The fourth-order valence-electron chi connectivity index (χ4n) is 5.60. The molecule has 0 spiro atoms. The van der Waals surface area contributed by atoms with Crippen molar-refractivity contribution in [2.75, 3.05) is 5.32 Å².